The Labute approximate surface area is 171 Å². The van der Waals surface area contributed by atoms with E-state index in [9.17, 15) is 25.3 Å². The van der Waals surface area contributed by atoms with Gasteiger partial charge in [-0.2, -0.15) is 8.42 Å². The van der Waals surface area contributed by atoms with Crippen LogP contribution < -0.4 is 10.1 Å². The van der Waals surface area contributed by atoms with Crippen LogP contribution >= 0.6 is 11.3 Å². The average Bonchev–Trinajstić information content (AvgIpc) is 3.04. The van der Waals surface area contributed by atoms with Crippen molar-refractivity contribution in [3.63, 3.8) is 0 Å². The van der Waals surface area contributed by atoms with Gasteiger partial charge < -0.3 is 10.1 Å². The fourth-order valence-electron chi connectivity index (χ4n) is 2.27. The Kier molecular flexibility index (Phi) is 5.82. The van der Waals surface area contributed by atoms with Crippen LogP contribution in [0.25, 0.3) is 10.2 Å². The molecular formula is C15H14N2O8S4. The number of aromatic nitrogens is 1. The standard InChI is InChI=1S/C15H14N2O8S4/c1-28(20,21)15-17-13-3-2-9(4-14(13)26-15)16-8-25-10-5-11(27(18)19)7-12(6-10)29(22,23)24/h2-7,16,27H,8H2,1H3,(H,22,23,24). The molecule has 0 radical (unpaired) electrons. The molecule has 0 aliphatic heterocycles. The van der Waals surface area contributed by atoms with E-state index in [0.29, 0.717) is 15.9 Å². The van der Waals surface area contributed by atoms with Crippen molar-refractivity contribution in [2.45, 2.75) is 14.1 Å². The quantitative estimate of drug-likeness (QED) is 0.257. The summed E-state index contributed by atoms with van der Waals surface area (Å²) in [6.45, 7) is -0.159. The van der Waals surface area contributed by atoms with Crippen LogP contribution in [0.2, 0.25) is 0 Å². The molecule has 0 aliphatic rings. The SMILES string of the molecule is CS(=O)(=O)c1nc2ccc(NCOc3cc([SH](=O)=O)cc(S(=O)(=O)O)c3)cc2s1. The van der Waals surface area contributed by atoms with E-state index in [0.717, 1.165) is 35.8 Å². The minimum atomic E-state index is -4.62. The third-order valence-electron chi connectivity index (χ3n) is 3.57. The molecule has 0 spiro atoms. The molecule has 156 valence electrons. The van der Waals surface area contributed by atoms with Crippen LogP contribution in [0.5, 0.6) is 5.75 Å². The fourth-order valence-corrected chi connectivity index (χ4v) is 5.25. The van der Waals surface area contributed by atoms with Crippen molar-refractivity contribution in [3.05, 3.63) is 36.4 Å². The lowest BCUT2D eigenvalue weighted by Crippen LogP contribution is -2.09. The Morgan fingerprint density at radius 2 is 1.86 bits per heavy atom. The smallest absolute Gasteiger partial charge is 0.294 e. The third kappa shape index (κ3) is 5.22. The van der Waals surface area contributed by atoms with Crippen LogP contribution in [-0.2, 0) is 30.7 Å². The predicted octanol–water partition coefficient (Wildman–Crippen LogP) is 1.37. The van der Waals surface area contributed by atoms with Crippen molar-refractivity contribution in [2.24, 2.45) is 0 Å². The second-order valence-electron chi connectivity index (χ2n) is 5.79. The zero-order valence-corrected chi connectivity index (χ0v) is 17.9. The molecule has 0 aliphatic carbocycles. The number of nitrogens with zero attached hydrogens (tertiary/aromatic N) is 1. The minimum Gasteiger partial charge on any atom is -0.473 e. The van der Waals surface area contributed by atoms with E-state index in [1.807, 2.05) is 0 Å². The van der Waals surface area contributed by atoms with E-state index in [4.69, 9.17) is 9.29 Å². The first-order valence-corrected chi connectivity index (χ1v) is 13.0. The molecule has 2 aromatic carbocycles. The van der Waals surface area contributed by atoms with E-state index in [2.05, 4.69) is 10.3 Å². The minimum absolute atomic E-state index is 0.00202. The van der Waals surface area contributed by atoms with E-state index in [-0.39, 0.29) is 21.7 Å². The Balaban J connectivity index is 1.78. The highest BCUT2D eigenvalue weighted by atomic mass is 32.2. The van der Waals surface area contributed by atoms with Gasteiger partial charge in [-0.1, -0.05) is 0 Å². The van der Waals surface area contributed by atoms with Crippen LogP contribution in [-0.4, -0.2) is 47.8 Å². The lowest BCUT2D eigenvalue weighted by Gasteiger charge is -2.10. The zero-order chi connectivity index (χ0) is 21.4. The molecule has 29 heavy (non-hydrogen) atoms. The summed E-state index contributed by atoms with van der Waals surface area (Å²) in [6, 6.07) is 7.86. The van der Waals surface area contributed by atoms with Gasteiger partial charge in [0.2, 0.25) is 14.2 Å². The molecule has 14 heteroatoms. The number of thiol groups is 1. The van der Waals surface area contributed by atoms with Gasteiger partial charge in [0.15, 0.2) is 17.4 Å². The molecule has 0 amide bonds. The van der Waals surface area contributed by atoms with Crippen molar-refractivity contribution in [1.82, 2.24) is 4.98 Å². The molecule has 3 rings (SSSR count). The summed E-state index contributed by atoms with van der Waals surface area (Å²) < 4.78 is 83.2. The second kappa shape index (κ2) is 7.87. The summed E-state index contributed by atoms with van der Waals surface area (Å²) in [5.74, 6) is -0.0833. The Morgan fingerprint density at radius 1 is 1.14 bits per heavy atom. The molecule has 3 aromatic rings. The van der Waals surface area contributed by atoms with Crippen LogP contribution in [0.3, 0.4) is 0 Å². The lowest BCUT2D eigenvalue weighted by molar-refractivity contribution is 0.344. The Morgan fingerprint density at radius 3 is 2.48 bits per heavy atom. The first-order chi connectivity index (χ1) is 13.4. The fraction of sp³-hybridized carbons (Fsp3) is 0.133. The van der Waals surface area contributed by atoms with Gasteiger partial charge in [0.05, 0.1) is 20.0 Å². The summed E-state index contributed by atoms with van der Waals surface area (Å²) in [7, 11) is -11.1. The van der Waals surface area contributed by atoms with Gasteiger partial charge in [-0.3, -0.25) is 4.55 Å². The maximum Gasteiger partial charge on any atom is 0.294 e. The number of ether oxygens (including phenoxy) is 1. The summed E-state index contributed by atoms with van der Waals surface area (Å²) in [5, 5.41) is 2.88. The van der Waals surface area contributed by atoms with Crippen molar-refractivity contribution in [1.29, 1.82) is 0 Å². The van der Waals surface area contributed by atoms with Crippen molar-refractivity contribution in [3.8, 4) is 5.75 Å². The maximum atomic E-state index is 11.6. The number of thiazole rings is 1. The highest BCUT2D eigenvalue weighted by Gasteiger charge is 2.15. The van der Waals surface area contributed by atoms with Gasteiger partial charge in [0.25, 0.3) is 10.1 Å². The van der Waals surface area contributed by atoms with E-state index in [1.54, 1.807) is 18.2 Å². The molecular weight excluding hydrogens is 464 g/mol. The topological polar surface area (TPSA) is 157 Å². The molecule has 1 aromatic heterocycles. The Bertz CT molecular complexity index is 1370. The normalized spacial score (nSPS) is 12.4. The van der Waals surface area contributed by atoms with Gasteiger partial charge in [-0.25, -0.2) is 21.8 Å². The van der Waals surface area contributed by atoms with Crippen molar-refractivity contribution < 1.29 is 34.5 Å². The van der Waals surface area contributed by atoms with Gasteiger partial charge in [-0.15, -0.1) is 11.3 Å². The second-order valence-corrected chi connectivity index (χ2v) is 11.5. The third-order valence-corrected chi connectivity index (χ3v) is 7.78. The van der Waals surface area contributed by atoms with Crippen LogP contribution in [0.4, 0.5) is 5.69 Å². The highest BCUT2D eigenvalue weighted by Crippen LogP contribution is 2.28. The number of hydrogen-bond donors (Lipinski definition) is 3. The summed E-state index contributed by atoms with van der Waals surface area (Å²) >= 11 is 1.02. The molecule has 2 N–H and O–H groups in total. The van der Waals surface area contributed by atoms with Gasteiger partial charge in [0, 0.05) is 18.0 Å². The molecule has 0 saturated carbocycles. The summed E-state index contributed by atoms with van der Waals surface area (Å²) in [4.78, 5) is 3.11. The van der Waals surface area contributed by atoms with Crippen LogP contribution in [0.1, 0.15) is 0 Å². The number of rotatable bonds is 7. The largest absolute Gasteiger partial charge is 0.473 e. The predicted molar refractivity (Wildman–Crippen MR) is 107 cm³/mol. The number of benzene rings is 2. The Hall–Kier alpha value is -2.26. The number of hydrogen-bond acceptors (Lipinski definition) is 10. The average molecular weight is 479 g/mol. The van der Waals surface area contributed by atoms with Gasteiger partial charge in [-0.05, 0) is 30.3 Å². The molecule has 0 atom stereocenters. The van der Waals surface area contributed by atoms with E-state index in [1.165, 1.54) is 0 Å². The van der Waals surface area contributed by atoms with Gasteiger partial charge in [0.1, 0.15) is 5.75 Å². The van der Waals surface area contributed by atoms with Crippen LogP contribution in [0.15, 0.2) is 50.5 Å². The number of anilines is 1. The van der Waals surface area contributed by atoms with Crippen molar-refractivity contribution in [2.75, 3.05) is 18.3 Å². The number of nitrogens with one attached hydrogen (secondary N) is 1. The lowest BCUT2D eigenvalue weighted by atomic mass is 10.3. The maximum absolute atomic E-state index is 11.6. The van der Waals surface area contributed by atoms with E-state index < -0.39 is 35.6 Å². The molecule has 10 nitrogen and oxygen atoms in total. The molecule has 0 unspecified atom stereocenters. The first-order valence-electron chi connectivity index (χ1n) is 7.68. The first kappa shape index (κ1) is 21.4. The molecule has 0 bridgehead atoms. The van der Waals surface area contributed by atoms with Crippen LogP contribution in [0, 0.1) is 0 Å². The van der Waals surface area contributed by atoms with Crippen molar-refractivity contribution >= 4 is 57.9 Å². The van der Waals surface area contributed by atoms with E-state index >= 15 is 0 Å². The molecule has 0 fully saturated rings. The number of sulfone groups is 1. The zero-order valence-electron chi connectivity index (χ0n) is 14.6. The number of fused-ring (bicyclic) bond motifs is 1. The summed E-state index contributed by atoms with van der Waals surface area (Å²) in [6.07, 6.45) is 1.07. The highest BCUT2D eigenvalue weighted by molar-refractivity contribution is 7.92. The monoisotopic (exact) mass is 478 g/mol. The molecule has 1 heterocycles. The summed E-state index contributed by atoms with van der Waals surface area (Å²) in [5.41, 5.74) is 1.09. The molecule has 0 saturated heterocycles. The van der Waals surface area contributed by atoms with Gasteiger partial charge >= 0.3 is 0 Å².